The molecule has 0 bridgehead atoms. The lowest BCUT2D eigenvalue weighted by Gasteiger charge is -2.26. The van der Waals surface area contributed by atoms with E-state index in [0.717, 1.165) is 0 Å². The molecule has 0 heterocycles. The lowest BCUT2D eigenvalue weighted by Crippen LogP contribution is -2.52. The van der Waals surface area contributed by atoms with Crippen LogP contribution in [0.25, 0.3) is 0 Å². The van der Waals surface area contributed by atoms with E-state index >= 15 is 0 Å². The molecule has 0 aliphatic heterocycles. The molecular weight excluding hydrogens is 416 g/mol. The van der Waals surface area contributed by atoms with Crippen LogP contribution >= 0.6 is 45.8 Å². The molecule has 1 rings (SSSR count). The van der Waals surface area contributed by atoms with Crippen molar-refractivity contribution in [2.45, 2.75) is 32.2 Å². The fourth-order valence-electron chi connectivity index (χ4n) is 1.76. The number of aliphatic carboxylic acids is 1. The summed E-state index contributed by atoms with van der Waals surface area (Å²) >= 11 is 13.8. The molecule has 0 spiro atoms. The lowest BCUT2D eigenvalue weighted by atomic mass is 9.96. The molecule has 110 valence electrons. The van der Waals surface area contributed by atoms with Gasteiger partial charge in [0.25, 0.3) is 5.91 Å². The van der Waals surface area contributed by atoms with Gasteiger partial charge >= 0.3 is 5.97 Å². The zero-order chi connectivity index (χ0) is 15.5. The Labute approximate surface area is 141 Å². The van der Waals surface area contributed by atoms with Gasteiger partial charge in [0.2, 0.25) is 0 Å². The number of carbonyl (C=O) groups is 2. The third-order valence-corrected chi connectivity index (χ3v) is 4.85. The minimum Gasteiger partial charge on any atom is -0.480 e. The highest BCUT2D eigenvalue weighted by atomic mass is 127. The smallest absolute Gasteiger partial charge is 0.329 e. The number of halogens is 3. The molecule has 0 saturated heterocycles. The maximum absolute atomic E-state index is 12.3. The van der Waals surface area contributed by atoms with Crippen molar-refractivity contribution >= 4 is 57.7 Å². The van der Waals surface area contributed by atoms with Crippen molar-refractivity contribution in [2.75, 3.05) is 0 Å². The monoisotopic (exact) mass is 429 g/mol. The van der Waals surface area contributed by atoms with Crippen molar-refractivity contribution in [2.24, 2.45) is 0 Å². The number of rotatable bonds is 5. The number of nitrogens with one attached hydrogen (secondary N) is 1. The van der Waals surface area contributed by atoms with Crippen molar-refractivity contribution in [1.82, 2.24) is 5.32 Å². The average molecular weight is 430 g/mol. The lowest BCUT2D eigenvalue weighted by molar-refractivity contribution is -0.144. The minimum absolute atomic E-state index is 0.270. The normalized spacial score (nSPS) is 13.7. The van der Waals surface area contributed by atoms with Crippen LogP contribution in [0.1, 0.15) is 37.0 Å². The highest BCUT2D eigenvalue weighted by molar-refractivity contribution is 14.1. The second-order valence-corrected chi connectivity index (χ2v) is 6.51. The van der Waals surface area contributed by atoms with E-state index < -0.39 is 17.4 Å². The molecule has 1 aromatic rings. The van der Waals surface area contributed by atoms with E-state index in [1.807, 2.05) is 29.5 Å². The Kier molecular flexibility index (Phi) is 6.09. The van der Waals surface area contributed by atoms with Gasteiger partial charge in [-0.15, -0.1) is 0 Å². The van der Waals surface area contributed by atoms with E-state index in [-0.39, 0.29) is 5.56 Å². The molecule has 0 aliphatic carbocycles. The molecule has 1 amide bonds. The zero-order valence-corrected chi connectivity index (χ0v) is 14.6. The maximum atomic E-state index is 12.3. The summed E-state index contributed by atoms with van der Waals surface area (Å²) in [7, 11) is 0. The molecule has 0 saturated carbocycles. The zero-order valence-electron chi connectivity index (χ0n) is 11.0. The van der Waals surface area contributed by atoms with Crippen LogP contribution in [0.15, 0.2) is 12.1 Å². The highest BCUT2D eigenvalue weighted by Gasteiger charge is 2.34. The second-order valence-electron chi connectivity index (χ2n) is 4.59. The Morgan fingerprint density at radius 1 is 1.40 bits per heavy atom. The Bertz CT molecular complexity index is 551. The molecular formula is C13H14Cl2INO3. The third-order valence-electron chi connectivity index (χ3n) is 2.85. The minimum atomic E-state index is -1.32. The standard InChI is InChI=1S/C13H14Cl2INO3/c1-3-4-13(2,12(19)20)17-11(18)8-5-7(14)6-9(15)10(8)16/h5-6H,3-4H2,1-2H3,(H,17,18)(H,19,20). The maximum Gasteiger partial charge on any atom is 0.329 e. The summed E-state index contributed by atoms with van der Waals surface area (Å²) < 4.78 is 0.537. The second kappa shape index (κ2) is 6.95. The quantitative estimate of drug-likeness (QED) is 0.549. The molecule has 20 heavy (non-hydrogen) atoms. The predicted octanol–water partition coefficient (Wildman–Crippen LogP) is 3.97. The van der Waals surface area contributed by atoms with Crippen LogP contribution in [-0.4, -0.2) is 22.5 Å². The molecule has 4 nitrogen and oxygen atoms in total. The van der Waals surface area contributed by atoms with E-state index in [4.69, 9.17) is 23.2 Å². The van der Waals surface area contributed by atoms with Crippen molar-refractivity contribution < 1.29 is 14.7 Å². The largest absolute Gasteiger partial charge is 0.480 e. The molecule has 0 aromatic heterocycles. The van der Waals surface area contributed by atoms with Crippen LogP contribution in [0.5, 0.6) is 0 Å². The topological polar surface area (TPSA) is 66.4 Å². The van der Waals surface area contributed by atoms with Crippen LogP contribution < -0.4 is 5.32 Å². The Morgan fingerprint density at radius 2 is 2.00 bits per heavy atom. The van der Waals surface area contributed by atoms with Crippen LogP contribution in [0.2, 0.25) is 10.0 Å². The van der Waals surface area contributed by atoms with E-state index in [9.17, 15) is 14.7 Å². The number of carbonyl (C=O) groups excluding carboxylic acids is 1. The van der Waals surface area contributed by atoms with E-state index in [0.29, 0.717) is 26.5 Å². The first-order valence-corrected chi connectivity index (χ1v) is 7.75. The first-order valence-electron chi connectivity index (χ1n) is 5.91. The summed E-state index contributed by atoms with van der Waals surface area (Å²) in [5.41, 5.74) is -1.05. The summed E-state index contributed by atoms with van der Waals surface area (Å²) in [5, 5.41) is 12.5. The molecule has 0 fully saturated rings. The first-order chi connectivity index (χ1) is 9.21. The first kappa shape index (κ1) is 17.5. The molecule has 2 N–H and O–H groups in total. The average Bonchev–Trinajstić information content (AvgIpc) is 2.33. The van der Waals surface area contributed by atoms with Gasteiger partial charge in [-0.2, -0.15) is 0 Å². The summed E-state index contributed by atoms with van der Waals surface area (Å²) in [6.45, 7) is 3.34. The number of hydrogen-bond donors (Lipinski definition) is 2. The van der Waals surface area contributed by atoms with E-state index in [1.54, 1.807) is 0 Å². The highest BCUT2D eigenvalue weighted by Crippen LogP contribution is 2.27. The summed E-state index contributed by atoms with van der Waals surface area (Å²) in [6.07, 6.45) is 0.968. The summed E-state index contributed by atoms with van der Waals surface area (Å²) in [5.74, 6) is -1.58. The van der Waals surface area contributed by atoms with Gasteiger partial charge in [0.1, 0.15) is 5.54 Å². The van der Waals surface area contributed by atoms with Crippen LogP contribution in [0.3, 0.4) is 0 Å². The predicted molar refractivity (Wildman–Crippen MR) is 87.6 cm³/mol. The fourth-order valence-corrected chi connectivity index (χ4v) is 2.81. The van der Waals surface area contributed by atoms with Crippen molar-refractivity contribution in [3.8, 4) is 0 Å². The number of benzene rings is 1. The van der Waals surface area contributed by atoms with Gasteiger partial charge in [-0.3, -0.25) is 4.79 Å². The molecule has 1 aromatic carbocycles. The fraction of sp³-hybridized carbons (Fsp3) is 0.385. The van der Waals surface area contributed by atoms with Gasteiger partial charge in [0.05, 0.1) is 10.6 Å². The SMILES string of the molecule is CCCC(C)(NC(=O)c1cc(Cl)cc(Cl)c1I)C(=O)O. The molecule has 0 radical (unpaired) electrons. The summed E-state index contributed by atoms with van der Waals surface area (Å²) in [6, 6.07) is 3.00. The Morgan fingerprint density at radius 3 is 2.50 bits per heavy atom. The number of hydrogen-bond acceptors (Lipinski definition) is 2. The van der Waals surface area contributed by atoms with Crippen LogP contribution in [0, 0.1) is 3.57 Å². The third kappa shape index (κ3) is 3.99. The van der Waals surface area contributed by atoms with Gasteiger partial charge in [0.15, 0.2) is 0 Å². The van der Waals surface area contributed by atoms with Gasteiger partial charge in [0, 0.05) is 8.59 Å². The van der Waals surface area contributed by atoms with Crippen molar-refractivity contribution in [3.63, 3.8) is 0 Å². The Balaban J connectivity index is 3.10. The van der Waals surface area contributed by atoms with Gasteiger partial charge < -0.3 is 10.4 Å². The number of carboxylic acids is 1. The van der Waals surface area contributed by atoms with Crippen molar-refractivity contribution in [1.29, 1.82) is 0 Å². The van der Waals surface area contributed by atoms with Crippen LogP contribution in [-0.2, 0) is 4.79 Å². The molecule has 7 heteroatoms. The van der Waals surface area contributed by atoms with E-state index in [2.05, 4.69) is 5.32 Å². The van der Waals surface area contributed by atoms with Gasteiger partial charge in [-0.25, -0.2) is 4.79 Å². The van der Waals surface area contributed by atoms with Gasteiger partial charge in [-0.05, 0) is 48.1 Å². The number of amides is 1. The van der Waals surface area contributed by atoms with E-state index in [1.165, 1.54) is 19.1 Å². The van der Waals surface area contributed by atoms with Crippen molar-refractivity contribution in [3.05, 3.63) is 31.3 Å². The molecule has 0 aliphatic rings. The number of carboxylic acid groups (broad SMARTS) is 1. The van der Waals surface area contributed by atoms with Gasteiger partial charge in [-0.1, -0.05) is 36.5 Å². The van der Waals surface area contributed by atoms with Crippen LogP contribution in [0.4, 0.5) is 0 Å². The summed E-state index contributed by atoms with van der Waals surface area (Å²) in [4.78, 5) is 23.6. The molecule has 1 unspecified atom stereocenters. The molecule has 1 atom stereocenters. The Hall–Kier alpha value is -0.530.